The van der Waals surface area contributed by atoms with Crippen LogP contribution in [0.15, 0.2) is 27.1 Å². The summed E-state index contributed by atoms with van der Waals surface area (Å²) in [6.07, 6.45) is -0.456. The van der Waals surface area contributed by atoms with E-state index in [9.17, 15) is 19.2 Å². The van der Waals surface area contributed by atoms with Gasteiger partial charge in [0.05, 0.1) is 25.6 Å². The highest BCUT2D eigenvalue weighted by Crippen LogP contribution is 2.21. The fraction of sp³-hybridized carbons (Fsp3) is 0.412. The summed E-state index contributed by atoms with van der Waals surface area (Å²) in [5.74, 6) is -4.45. The fourth-order valence-electron chi connectivity index (χ4n) is 2.27. The van der Waals surface area contributed by atoms with Gasteiger partial charge < -0.3 is 20.5 Å². The zero-order valence-corrected chi connectivity index (χ0v) is 18.0. The van der Waals surface area contributed by atoms with E-state index in [2.05, 4.69) is 37.2 Å². The first-order valence-electron chi connectivity index (χ1n) is 8.08. The Hall–Kier alpha value is -1.94. The summed E-state index contributed by atoms with van der Waals surface area (Å²) in [5, 5.41) is 2.41. The van der Waals surface area contributed by atoms with Crippen LogP contribution >= 0.6 is 31.9 Å². The summed E-state index contributed by atoms with van der Waals surface area (Å²) >= 11 is 6.52. The van der Waals surface area contributed by atoms with E-state index in [0.717, 1.165) is 0 Å². The highest BCUT2D eigenvalue weighted by Gasteiger charge is 2.37. The molecule has 0 radical (unpaired) electrons. The lowest BCUT2D eigenvalue weighted by Crippen LogP contribution is -2.52. The Kier molecular flexibility index (Phi) is 9.44. The second-order valence-corrected chi connectivity index (χ2v) is 7.21. The molecule has 3 N–H and O–H groups in total. The quantitative estimate of drug-likeness (QED) is 0.492. The number of esters is 2. The van der Waals surface area contributed by atoms with Gasteiger partial charge in [-0.1, -0.05) is 31.9 Å². The monoisotopic (exact) mass is 506 g/mol. The van der Waals surface area contributed by atoms with E-state index in [4.69, 9.17) is 15.2 Å². The summed E-state index contributed by atoms with van der Waals surface area (Å²) in [4.78, 5) is 48.5. The van der Waals surface area contributed by atoms with Crippen molar-refractivity contribution >= 4 is 55.6 Å². The predicted molar refractivity (Wildman–Crippen MR) is 104 cm³/mol. The van der Waals surface area contributed by atoms with Crippen molar-refractivity contribution in [3.63, 3.8) is 0 Å². The summed E-state index contributed by atoms with van der Waals surface area (Å²) < 4.78 is 11.0. The second kappa shape index (κ2) is 11.0. The molecule has 0 saturated carbocycles. The molecule has 0 fully saturated rings. The Morgan fingerprint density at radius 1 is 1.04 bits per heavy atom. The number of rotatable bonds is 9. The number of benzene rings is 1. The van der Waals surface area contributed by atoms with Gasteiger partial charge in [-0.2, -0.15) is 0 Å². The number of carbonyl (C=O) groups is 4. The van der Waals surface area contributed by atoms with Gasteiger partial charge in [0, 0.05) is 14.5 Å². The number of hydrogen-bond acceptors (Lipinski definition) is 6. The molecule has 1 rings (SSSR count). The van der Waals surface area contributed by atoms with Crippen molar-refractivity contribution in [2.45, 2.75) is 26.3 Å². The first kappa shape index (κ1) is 23.1. The van der Waals surface area contributed by atoms with Gasteiger partial charge >= 0.3 is 11.9 Å². The molecular formula is C17H20Br2N2O6. The number of hydrogen-bond donors (Lipinski definition) is 2. The Balaban J connectivity index is 3.11. The molecule has 1 aromatic carbocycles. The molecule has 0 bridgehead atoms. The maximum Gasteiger partial charge on any atom is 0.312 e. The van der Waals surface area contributed by atoms with Gasteiger partial charge in [0.15, 0.2) is 0 Å². The third-order valence-corrected chi connectivity index (χ3v) is 4.32. The van der Waals surface area contributed by atoms with Gasteiger partial charge in [0.2, 0.25) is 5.91 Å². The Bertz CT molecular complexity index is 705. The zero-order valence-electron chi connectivity index (χ0n) is 14.8. The average Bonchev–Trinajstić information content (AvgIpc) is 2.57. The predicted octanol–water partition coefficient (Wildman–Crippen LogP) is 1.93. The molecule has 2 atom stereocenters. The van der Waals surface area contributed by atoms with E-state index < -0.39 is 42.1 Å². The van der Waals surface area contributed by atoms with Gasteiger partial charge in [0.1, 0.15) is 6.04 Å². The van der Waals surface area contributed by atoms with Crippen molar-refractivity contribution in [1.82, 2.24) is 5.32 Å². The number of primary amides is 1. The van der Waals surface area contributed by atoms with E-state index in [1.807, 2.05) is 0 Å². The number of halogens is 2. The fourth-order valence-corrected chi connectivity index (χ4v) is 3.56. The van der Waals surface area contributed by atoms with E-state index in [-0.39, 0.29) is 18.8 Å². The lowest BCUT2D eigenvalue weighted by atomic mass is 9.95. The van der Waals surface area contributed by atoms with E-state index in [1.165, 1.54) is 12.1 Å². The molecule has 27 heavy (non-hydrogen) atoms. The molecule has 0 aliphatic rings. The maximum absolute atomic E-state index is 12.5. The minimum atomic E-state index is -1.45. The first-order chi connectivity index (χ1) is 12.7. The number of nitrogens with two attached hydrogens (primary N) is 1. The van der Waals surface area contributed by atoms with Gasteiger partial charge in [-0.05, 0) is 32.0 Å². The highest BCUT2D eigenvalue weighted by molar-refractivity contribution is 9.11. The van der Waals surface area contributed by atoms with Crippen LogP contribution in [0.2, 0.25) is 0 Å². The van der Waals surface area contributed by atoms with Crippen LogP contribution in [0.1, 0.15) is 30.6 Å². The molecule has 2 amide bonds. The van der Waals surface area contributed by atoms with Crippen LogP contribution in [0.3, 0.4) is 0 Å². The van der Waals surface area contributed by atoms with Crippen LogP contribution in [0.25, 0.3) is 0 Å². The number of carbonyl (C=O) groups excluding carboxylic acids is 4. The van der Waals surface area contributed by atoms with E-state index >= 15 is 0 Å². The van der Waals surface area contributed by atoms with Gasteiger partial charge in [-0.25, -0.2) is 0 Å². The molecule has 148 valence electrons. The van der Waals surface area contributed by atoms with Crippen LogP contribution in [-0.4, -0.2) is 43.0 Å². The number of nitrogens with one attached hydrogen (secondary N) is 1. The highest BCUT2D eigenvalue weighted by atomic mass is 79.9. The minimum absolute atomic E-state index is 0.0379. The summed E-state index contributed by atoms with van der Waals surface area (Å²) in [5.41, 5.74) is 5.60. The largest absolute Gasteiger partial charge is 0.466 e. The third-order valence-electron chi connectivity index (χ3n) is 3.40. The molecule has 0 heterocycles. The average molecular weight is 508 g/mol. The van der Waals surface area contributed by atoms with Crippen molar-refractivity contribution in [3.8, 4) is 0 Å². The molecule has 0 unspecified atom stereocenters. The minimum Gasteiger partial charge on any atom is -0.466 e. The van der Waals surface area contributed by atoms with Crippen molar-refractivity contribution < 1.29 is 28.7 Å². The van der Waals surface area contributed by atoms with Gasteiger partial charge in [0.25, 0.3) is 5.91 Å². The van der Waals surface area contributed by atoms with Crippen molar-refractivity contribution in [3.05, 3.63) is 32.7 Å². The van der Waals surface area contributed by atoms with Crippen LogP contribution in [-0.2, 0) is 23.9 Å². The lowest BCUT2D eigenvalue weighted by Gasteiger charge is -2.23. The summed E-state index contributed by atoms with van der Waals surface area (Å²) in [6.45, 7) is 3.33. The molecule has 8 nitrogen and oxygen atoms in total. The smallest absolute Gasteiger partial charge is 0.312 e. The molecule has 0 spiro atoms. The van der Waals surface area contributed by atoms with Crippen molar-refractivity contribution in [2.75, 3.05) is 13.2 Å². The molecule has 0 aliphatic heterocycles. The normalized spacial score (nSPS) is 12.6. The Morgan fingerprint density at radius 3 is 2.07 bits per heavy atom. The molecule has 10 heteroatoms. The maximum atomic E-state index is 12.5. The van der Waals surface area contributed by atoms with Gasteiger partial charge in [-0.15, -0.1) is 0 Å². The standard InChI is InChI=1S/C17H20Br2N2O6/c1-3-26-13(22)8-12(17(25)27-4-2)14(15(20)23)21-16(24)9-5-10(18)7-11(19)6-9/h5-7,12,14H,3-4,8H2,1-2H3,(H2,20,23)(H,21,24)/t12-,14-/m0/s1. The number of ether oxygens (including phenoxy) is 2. The van der Waals surface area contributed by atoms with Gasteiger partial charge in [-0.3, -0.25) is 19.2 Å². The van der Waals surface area contributed by atoms with Crippen LogP contribution < -0.4 is 11.1 Å². The van der Waals surface area contributed by atoms with Crippen LogP contribution in [0.4, 0.5) is 0 Å². The van der Waals surface area contributed by atoms with Crippen LogP contribution in [0, 0.1) is 5.92 Å². The molecule has 1 aromatic rings. The molecule has 0 aliphatic carbocycles. The van der Waals surface area contributed by atoms with Crippen LogP contribution in [0.5, 0.6) is 0 Å². The lowest BCUT2D eigenvalue weighted by molar-refractivity contribution is -0.156. The zero-order chi connectivity index (χ0) is 20.6. The Morgan fingerprint density at radius 2 is 1.59 bits per heavy atom. The molecule has 0 aromatic heterocycles. The summed E-state index contributed by atoms with van der Waals surface area (Å²) in [6, 6.07) is 3.34. The topological polar surface area (TPSA) is 125 Å². The molecular weight excluding hydrogens is 488 g/mol. The second-order valence-electron chi connectivity index (χ2n) is 5.38. The first-order valence-corrected chi connectivity index (χ1v) is 9.66. The SMILES string of the molecule is CCOC(=O)C[C@H](C(=O)OCC)[C@H](NC(=O)c1cc(Br)cc(Br)c1)C(N)=O. The van der Waals surface area contributed by atoms with E-state index in [0.29, 0.717) is 8.95 Å². The summed E-state index contributed by atoms with van der Waals surface area (Å²) in [7, 11) is 0. The number of amides is 2. The van der Waals surface area contributed by atoms with Crippen molar-refractivity contribution in [2.24, 2.45) is 11.7 Å². The third kappa shape index (κ3) is 7.30. The molecule has 0 saturated heterocycles. The Labute approximate surface area is 173 Å². The van der Waals surface area contributed by atoms with E-state index in [1.54, 1.807) is 19.9 Å². The van der Waals surface area contributed by atoms with Crippen molar-refractivity contribution in [1.29, 1.82) is 0 Å².